The number of rotatable bonds is 8. The van der Waals surface area contributed by atoms with E-state index in [2.05, 4.69) is 20.5 Å². The first kappa shape index (κ1) is 19.3. The molecule has 2 aromatic carbocycles. The molecule has 3 aromatic rings. The summed E-state index contributed by atoms with van der Waals surface area (Å²) in [6, 6.07) is 11.3. The number of methoxy groups -OCH3 is 2. The number of aromatic nitrogens is 3. The lowest BCUT2D eigenvalue weighted by molar-refractivity contribution is 0.0951. The van der Waals surface area contributed by atoms with Crippen LogP contribution in [-0.2, 0) is 12.8 Å². The van der Waals surface area contributed by atoms with Crippen LogP contribution in [0.15, 0.2) is 42.5 Å². The summed E-state index contributed by atoms with van der Waals surface area (Å²) >= 11 is 0. The van der Waals surface area contributed by atoms with E-state index in [0.29, 0.717) is 48.1 Å². The molecule has 0 aliphatic carbocycles. The standard InChI is InChI=1S/C20H21FN4O3/c1-27-15-7-8-16(17(12-15)28-2)20(26)22-10-9-18-23-19(25-24-18)11-13-3-5-14(21)6-4-13/h3-8,12H,9-11H2,1-2H3,(H,22,26)(H,23,24,25). The zero-order valence-electron chi connectivity index (χ0n) is 15.7. The summed E-state index contributed by atoms with van der Waals surface area (Å²) in [5.74, 6) is 1.82. The van der Waals surface area contributed by atoms with Gasteiger partial charge in [0.25, 0.3) is 5.91 Å². The molecule has 0 aliphatic heterocycles. The number of H-pyrrole nitrogens is 1. The minimum absolute atomic E-state index is 0.249. The fourth-order valence-electron chi connectivity index (χ4n) is 2.69. The molecule has 0 saturated carbocycles. The number of hydrogen-bond acceptors (Lipinski definition) is 5. The lowest BCUT2D eigenvalue weighted by atomic mass is 10.1. The molecule has 1 aromatic heterocycles. The van der Waals surface area contributed by atoms with Gasteiger partial charge < -0.3 is 14.8 Å². The van der Waals surface area contributed by atoms with Gasteiger partial charge in [0.1, 0.15) is 23.1 Å². The average Bonchev–Trinajstić information content (AvgIpc) is 3.16. The number of aromatic amines is 1. The number of amides is 1. The third-order valence-electron chi connectivity index (χ3n) is 4.15. The van der Waals surface area contributed by atoms with Gasteiger partial charge in [-0.3, -0.25) is 9.89 Å². The first-order chi connectivity index (χ1) is 13.6. The van der Waals surface area contributed by atoms with Crippen molar-refractivity contribution in [3.63, 3.8) is 0 Å². The zero-order valence-corrected chi connectivity index (χ0v) is 15.7. The number of hydrogen-bond donors (Lipinski definition) is 2. The maximum absolute atomic E-state index is 13.0. The first-order valence-corrected chi connectivity index (χ1v) is 8.74. The molecule has 3 rings (SSSR count). The van der Waals surface area contributed by atoms with E-state index < -0.39 is 0 Å². The molecular formula is C20H21FN4O3. The van der Waals surface area contributed by atoms with Crippen LogP contribution >= 0.6 is 0 Å². The maximum Gasteiger partial charge on any atom is 0.255 e. The van der Waals surface area contributed by atoms with E-state index >= 15 is 0 Å². The molecule has 1 amide bonds. The summed E-state index contributed by atoms with van der Waals surface area (Å²) in [7, 11) is 3.05. The van der Waals surface area contributed by atoms with E-state index in [1.807, 2.05) is 0 Å². The smallest absolute Gasteiger partial charge is 0.255 e. The number of carbonyl (C=O) groups is 1. The summed E-state index contributed by atoms with van der Waals surface area (Å²) in [5, 5.41) is 9.85. The Labute approximate surface area is 161 Å². The van der Waals surface area contributed by atoms with Gasteiger partial charge in [-0.2, -0.15) is 5.10 Å². The molecule has 0 fully saturated rings. The minimum Gasteiger partial charge on any atom is -0.497 e. The van der Waals surface area contributed by atoms with Gasteiger partial charge in [-0.1, -0.05) is 12.1 Å². The van der Waals surface area contributed by atoms with Gasteiger partial charge in [0, 0.05) is 25.5 Å². The Kier molecular flexibility index (Phi) is 6.21. The van der Waals surface area contributed by atoms with Crippen molar-refractivity contribution in [2.75, 3.05) is 20.8 Å². The van der Waals surface area contributed by atoms with Crippen molar-refractivity contribution in [1.29, 1.82) is 0 Å². The molecule has 0 aliphatic rings. The molecule has 1 heterocycles. The summed E-state index contributed by atoms with van der Waals surface area (Å²) in [5.41, 5.74) is 1.36. The molecule has 0 unspecified atom stereocenters. The topological polar surface area (TPSA) is 89.1 Å². The highest BCUT2D eigenvalue weighted by atomic mass is 19.1. The number of ether oxygens (including phenoxy) is 2. The van der Waals surface area contributed by atoms with Crippen molar-refractivity contribution in [3.05, 3.63) is 71.1 Å². The van der Waals surface area contributed by atoms with Crippen LogP contribution in [0.25, 0.3) is 0 Å². The highest BCUT2D eigenvalue weighted by molar-refractivity contribution is 5.97. The fraction of sp³-hybridized carbons (Fsp3) is 0.250. The van der Waals surface area contributed by atoms with Crippen LogP contribution in [0.3, 0.4) is 0 Å². The summed E-state index contributed by atoms with van der Waals surface area (Å²) in [6.45, 7) is 0.377. The number of nitrogens with one attached hydrogen (secondary N) is 2. The Morgan fingerprint density at radius 3 is 2.64 bits per heavy atom. The Hall–Kier alpha value is -3.42. The van der Waals surface area contributed by atoms with Gasteiger partial charge in [0.05, 0.1) is 19.8 Å². The van der Waals surface area contributed by atoms with Crippen molar-refractivity contribution in [2.24, 2.45) is 0 Å². The third-order valence-corrected chi connectivity index (χ3v) is 4.15. The lowest BCUT2D eigenvalue weighted by Gasteiger charge is -2.10. The number of benzene rings is 2. The molecule has 2 N–H and O–H groups in total. The van der Waals surface area contributed by atoms with E-state index in [4.69, 9.17) is 9.47 Å². The molecule has 0 bridgehead atoms. The molecule has 0 atom stereocenters. The second-order valence-corrected chi connectivity index (χ2v) is 6.07. The Bertz CT molecular complexity index is 941. The number of carbonyl (C=O) groups excluding carboxylic acids is 1. The van der Waals surface area contributed by atoms with Crippen LogP contribution in [0, 0.1) is 5.82 Å². The Balaban J connectivity index is 1.53. The Morgan fingerprint density at radius 1 is 1.14 bits per heavy atom. The average molecular weight is 384 g/mol. The van der Waals surface area contributed by atoms with Crippen LogP contribution in [0.2, 0.25) is 0 Å². The van der Waals surface area contributed by atoms with Crippen LogP contribution in [0.4, 0.5) is 4.39 Å². The van der Waals surface area contributed by atoms with Crippen molar-refractivity contribution in [3.8, 4) is 11.5 Å². The van der Waals surface area contributed by atoms with Crippen molar-refractivity contribution < 1.29 is 18.7 Å². The van der Waals surface area contributed by atoms with Gasteiger partial charge in [-0.05, 0) is 29.8 Å². The van der Waals surface area contributed by atoms with Crippen LogP contribution in [0.1, 0.15) is 27.6 Å². The minimum atomic E-state index is -0.272. The van der Waals surface area contributed by atoms with Gasteiger partial charge in [-0.15, -0.1) is 0 Å². The summed E-state index contributed by atoms with van der Waals surface area (Å²) < 4.78 is 23.3. The first-order valence-electron chi connectivity index (χ1n) is 8.74. The maximum atomic E-state index is 13.0. The molecular weight excluding hydrogens is 363 g/mol. The second kappa shape index (κ2) is 8.98. The molecule has 0 radical (unpaired) electrons. The molecule has 28 heavy (non-hydrogen) atoms. The summed E-state index contributed by atoms with van der Waals surface area (Å²) in [6.07, 6.45) is 1.01. The third kappa shape index (κ3) is 4.85. The van der Waals surface area contributed by atoms with E-state index in [-0.39, 0.29) is 11.7 Å². The molecule has 7 nitrogen and oxygen atoms in total. The van der Waals surface area contributed by atoms with Gasteiger partial charge >= 0.3 is 0 Å². The summed E-state index contributed by atoms with van der Waals surface area (Å²) in [4.78, 5) is 16.8. The van der Waals surface area contributed by atoms with Gasteiger partial charge in [-0.25, -0.2) is 9.37 Å². The molecule has 146 valence electrons. The number of nitrogens with zero attached hydrogens (tertiary/aromatic N) is 2. The van der Waals surface area contributed by atoms with E-state index in [1.54, 1.807) is 37.4 Å². The zero-order chi connectivity index (χ0) is 19.9. The predicted octanol–water partition coefficient (Wildman–Crippen LogP) is 2.52. The van der Waals surface area contributed by atoms with Crippen LogP contribution in [0.5, 0.6) is 11.5 Å². The van der Waals surface area contributed by atoms with E-state index in [9.17, 15) is 9.18 Å². The second-order valence-electron chi connectivity index (χ2n) is 6.07. The van der Waals surface area contributed by atoms with Crippen molar-refractivity contribution >= 4 is 5.91 Å². The SMILES string of the molecule is COc1ccc(C(=O)NCCc2n[nH]c(Cc3ccc(F)cc3)n2)c(OC)c1. The lowest BCUT2D eigenvalue weighted by Crippen LogP contribution is -2.26. The highest BCUT2D eigenvalue weighted by Gasteiger charge is 2.13. The van der Waals surface area contributed by atoms with Crippen LogP contribution in [-0.4, -0.2) is 41.9 Å². The quantitative estimate of drug-likeness (QED) is 0.623. The van der Waals surface area contributed by atoms with Crippen molar-refractivity contribution in [1.82, 2.24) is 20.5 Å². The highest BCUT2D eigenvalue weighted by Crippen LogP contribution is 2.24. The monoisotopic (exact) mass is 384 g/mol. The van der Waals surface area contributed by atoms with Gasteiger partial charge in [0.2, 0.25) is 0 Å². The van der Waals surface area contributed by atoms with E-state index in [0.717, 1.165) is 5.56 Å². The van der Waals surface area contributed by atoms with Crippen molar-refractivity contribution in [2.45, 2.75) is 12.8 Å². The molecule has 0 spiro atoms. The predicted molar refractivity (Wildman–Crippen MR) is 101 cm³/mol. The molecule has 8 heteroatoms. The largest absolute Gasteiger partial charge is 0.497 e. The Morgan fingerprint density at radius 2 is 1.93 bits per heavy atom. The molecule has 0 saturated heterocycles. The van der Waals surface area contributed by atoms with Gasteiger partial charge in [0.15, 0.2) is 5.82 Å². The normalized spacial score (nSPS) is 10.5. The van der Waals surface area contributed by atoms with Crippen LogP contribution < -0.4 is 14.8 Å². The van der Waals surface area contributed by atoms with E-state index in [1.165, 1.54) is 19.2 Å². The number of halogens is 1. The fourth-order valence-corrected chi connectivity index (χ4v) is 2.69.